The monoisotopic (exact) mass is 402 g/mol. The van der Waals surface area contributed by atoms with E-state index in [-0.39, 0.29) is 12.3 Å². The van der Waals surface area contributed by atoms with Crippen molar-refractivity contribution in [3.63, 3.8) is 0 Å². The first kappa shape index (κ1) is 22.0. The van der Waals surface area contributed by atoms with Gasteiger partial charge in [0.2, 0.25) is 5.91 Å². The van der Waals surface area contributed by atoms with Crippen LogP contribution >= 0.6 is 0 Å². The molecule has 1 heterocycles. The number of amides is 1. The summed E-state index contributed by atoms with van der Waals surface area (Å²) < 4.78 is 38.0. The maximum absolute atomic E-state index is 12.7. The Morgan fingerprint density at radius 2 is 1.61 bits per heavy atom. The van der Waals surface area contributed by atoms with Crippen LogP contribution in [0.3, 0.4) is 0 Å². The lowest BCUT2D eigenvalue weighted by atomic mass is 9.90. The van der Waals surface area contributed by atoms with Gasteiger partial charge >= 0.3 is 12.1 Å². The molecule has 156 valence electrons. The fourth-order valence-corrected chi connectivity index (χ4v) is 3.33. The molecule has 0 unspecified atom stereocenters. The molecule has 1 aromatic rings. The number of aliphatic hydroxyl groups excluding tert-OH is 1. The third kappa shape index (κ3) is 5.37. The Kier molecular flexibility index (Phi) is 6.92. The lowest BCUT2D eigenvalue weighted by molar-refractivity contribution is -0.157. The summed E-state index contributed by atoms with van der Waals surface area (Å²) >= 11 is 0. The van der Waals surface area contributed by atoms with E-state index in [0.29, 0.717) is 31.9 Å². The van der Waals surface area contributed by atoms with Crippen molar-refractivity contribution in [1.29, 1.82) is 0 Å². The van der Waals surface area contributed by atoms with Gasteiger partial charge in [-0.3, -0.25) is 4.79 Å². The fraction of sp³-hybridized carbons (Fsp3) is 0.579. The Morgan fingerprint density at radius 3 is 2.04 bits per heavy atom. The quantitative estimate of drug-likeness (QED) is 0.764. The second-order valence-corrected chi connectivity index (χ2v) is 7.38. The van der Waals surface area contributed by atoms with Crippen LogP contribution in [-0.2, 0) is 15.8 Å². The van der Waals surface area contributed by atoms with E-state index in [1.165, 1.54) is 17.0 Å². The highest BCUT2D eigenvalue weighted by Crippen LogP contribution is 2.31. The van der Waals surface area contributed by atoms with E-state index >= 15 is 0 Å². The van der Waals surface area contributed by atoms with E-state index < -0.39 is 35.6 Å². The molecule has 1 saturated heterocycles. The number of aliphatic hydroxyl groups is 1. The van der Waals surface area contributed by atoms with Crippen molar-refractivity contribution >= 4 is 17.6 Å². The zero-order valence-electron chi connectivity index (χ0n) is 15.8. The van der Waals surface area contributed by atoms with Gasteiger partial charge in [0.15, 0.2) is 6.10 Å². The van der Waals surface area contributed by atoms with Crippen molar-refractivity contribution in [2.75, 3.05) is 31.1 Å². The normalized spacial score (nSPS) is 17.5. The number of aliphatic carboxylic acids is 1. The van der Waals surface area contributed by atoms with Crippen LogP contribution in [0.1, 0.15) is 25.8 Å². The predicted octanol–water partition coefficient (Wildman–Crippen LogP) is 2.46. The zero-order chi connectivity index (χ0) is 21.1. The molecule has 0 saturated carbocycles. The molecule has 0 aliphatic carbocycles. The SMILES string of the molecule is CC(C)C[C@H](C(=O)N1CCN(c2ccc(C(F)(F)F)cc2)CC1)[C@H](O)C(=O)O. The van der Waals surface area contributed by atoms with Gasteiger partial charge in [0.1, 0.15) is 0 Å². The van der Waals surface area contributed by atoms with Gasteiger partial charge < -0.3 is 20.0 Å². The molecule has 2 atom stereocenters. The number of rotatable bonds is 6. The number of piperazine rings is 1. The molecule has 0 spiro atoms. The second kappa shape index (κ2) is 8.81. The van der Waals surface area contributed by atoms with E-state index in [2.05, 4.69) is 0 Å². The summed E-state index contributed by atoms with van der Waals surface area (Å²) in [6.07, 6.45) is -5.89. The van der Waals surface area contributed by atoms with E-state index in [1.54, 1.807) is 0 Å². The molecular formula is C19H25F3N2O4. The predicted molar refractivity (Wildman–Crippen MR) is 96.8 cm³/mol. The number of carbonyl (C=O) groups excluding carboxylic acids is 1. The van der Waals surface area contributed by atoms with E-state index in [4.69, 9.17) is 5.11 Å². The van der Waals surface area contributed by atoms with Gasteiger partial charge in [-0.05, 0) is 36.6 Å². The van der Waals surface area contributed by atoms with Gasteiger partial charge in [0.25, 0.3) is 0 Å². The lowest BCUT2D eigenvalue weighted by Crippen LogP contribution is -2.52. The summed E-state index contributed by atoms with van der Waals surface area (Å²) in [4.78, 5) is 27.3. The molecular weight excluding hydrogens is 377 g/mol. The van der Waals surface area contributed by atoms with Crippen LogP contribution in [0.25, 0.3) is 0 Å². The van der Waals surface area contributed by atoms with Gasteiger partial charge in [-0.1, -0.05) is 13.8 Å². The number of benzene rings is 1. The summed E-state index contributed by atoms with van der Waals surface area (Å²) in [7, 11) is 0. The maximum Gasteiger partial charge on any atom is 0.416 e. The number of alkyl halides is 3. The molecule has 28 heavy (non-hydrogen) atoms. The number of carboxylic acid groups (broad SMARTS) is 1. The summed E-state index contributed by atoms with van der Waals surface area (Å²) in [6, 6.07) is 4.84. The Hall–Kier alpha value is -2.29. The molecule has 6 nitrogen and oxygen atoms in total. The molecule has 0 aromatic heterocycles. The average Bonchev–Trinajstić information content (AvgIpc) is 2.64. The van der Waals surface area contributed by atoms with Crippen LogP contribution in [0.2, 0.25) is 0 Å². The van der Waals surface area contributed by atoms with Crippen LogP contribution in [-0.4, -0.2) is 59.3 Å². The fourth-order valence-electron chi connectivity index (χ4n) is 3.33. The number of hydrogen-bond acceptors (Lipinski definition) is 4. The largest absolute Gasteiger partial charge is 0.479 e. The molecule has 1 fully saturated rings. The first-order valence-electron chi connectivity index (χ1n) is 9.12. The van der Waals surface area contributed by atoms with Crippen molar-refractivity contribution < 1.29 is 33.0 Å². The van der Waals surface area contributed by atoms with Crippen LogP contribution in [0, 0.1) is 11.8 Å². The van der Waals surface area contributed by atoms with Gasteiger partial charge in [0, 0.05) is 31.9 Å². The molecule has 2 N–H and O–H groups in total. The number of carboxylic acids is 1. The third-order valence-corrected chi connectivity index (χ3v) is 4.83. The Bertz CT molecular complexity index is 683. The molecule has 2 rings (SSSR count). The number of carbonyl (C=O) groups is 2. The van der Waals surface area contributed by atoms with Gasteiger partial charge in [-0.2, -0.15) is 13.2 Å². The minimum Gasteiger partial charge on any atom is -0.479 e. The zero-order valence-corrected chi connectivity index (χ0v) is 15.8. The molecule has 1 aliphatic rings. The minimum absolute atomic E-state index is 0.0383. The van der Waals surface area contributed by atoms with Crippen molar-refractivity contribution in [3.8, 4) is 0 Å². The van der Waals surface area contributed by atoms with Crippen molar-refractivity contribution in [3.05, 3.63) is 29.8 Å². The van der Waals surface area contributed by atoms with Crippen LogP contribution in [0.5, 0.6) is 0 Å². The molecule has 1 aromatic carbocycles. The molecule has 9 heteroatoms. The maximum atomic E-state index is 12.7. The summed E-state index contributed by atoms with van der Waals surface area (Å²) in [5.74, 6) is -2.82. The molecule has 1 aliphatic heterocycles. The van der Waals surface area contributed by atoms with Crippen molar-refractivity contribution in [2.45, 2.75) is 32.5 Å². The van der Waals surface area contributed by atoms with E-state index in [1.807, 2.05) is 18.7 Å². The number of anilines is 1. The van der Waals surface area contributed by atoms with Crippen LogP contribution in [0.15, 0.2) is 24.3 Å². The summed E-state index contributed by atoms with van der Waals surface area (Å²) in [5, 5.41) is 19.0. The highest BCUT2D eigenvalue weighted by molar-refractivity contribution is 5.86. The topological polar surface area (TPSA) is 81.1 Å². The number of hydrogen-bond donors (Lipinski definition) is 2. The van der Waals surface area contributed by atoms with Crippen molar-refractivity contribution in [2.24, 2.45) is 11.8 Å². The molecule has 0 radical (unpaired) electrons. The van der Waals surface area contributed by atoms with Gasteiger partial charge in [0.05, 0.1) is 11.5 Å². The van der Waals surface area contributed by atoms with Crippen molar-refractivity contribution in [1.82, 2.24) is 4.90 Å². The third-order valence-electron chi connectivity index (χ3n) is 4.83. The lowest BCUT2D eigenvalue weighted by Gasteiger charge is -2.38. The first-order valence-corrected chi connectivity index (χ1v) is 9.12. The average molecular weight is 402 g/mol. The first-order chi connectivity index (χ1) is 13.0. The second-order valence-electron chi connectivity index (χ2n) is 7.38. The highest BCUT2D eigenvalue weighted by atomic mass is 19.4. The van der Waals surface area contributed by atoms with Gasteiger partial charge in [-0.25, -0.2) is 4.79 Å². The van der Waals surface area contributed by atoms with Crippen LogP contribution in [0.4, 0.5) is 18.9 Å². The Balaban J connectivity index is 2.01. The standard InChI is InChI=1S/C19H25F3N2O4/c1-12(2)11-15(16(25)18(27)28)17(26)24-9-7-23(8-10-24)14-5-3-13(4-6-14)19(20,21)22/h3-6,12,15-16,25H,7-11H2,1-2H3,(H,27,28)/t15-,16-/m0/s1. The smallest absolute Gasteiger partial charge is 0.416 e. The Labute approximate surface area is 161 Å². The number of nitrogens with zero attached hydrogens (tertiary/aromatic N) is 2. The van der Waals surface area contributed by atoms with Crippen LogP contribution < -0.4 is 4.90 Å². The molecule has 1 amide bonds. The van der Waals surface area contributed by atoms with E-state index in [0.717, 1.165) is 12.1 Å². The molecule has 0 bridgehead atoms. The number of halogens is 3. The highest BCUT2D eigenvalue weighted by Gasteiger charge is 2.36. The van der Waals surface area contributed by atoms with E-state index in [9.17, 15) is 27.9 Å². The minimum atomic E-state index is -4.39. The summed E-state index contributed by atoms with van der Waals surface area (Å²) in [6.45, 7) is 5.12. The van der Waals surface area contributed by atoms with Gasteiger partial charge in [-0.15, -0.1) is 0 Å². The summed E-state index contributed by atoms with van der Waals surface area (Å²) in [5.41, 5.74) is -0.0892. The Morgan fingerprint density at radius 1 is 1.07 bits per heavy atom.